The highest BCUT2D eigenvalue weighted by molar-refractivity contribution is 6.29. The average Bonchev–Trinajstić information content (AvgIpc) is 2.36. The number of nitrogens with zero attached hydrogens (tertiary/aromatic N) is 2. The summed E-state index contributed by atoms with van der Waals surface area (Å²) in [7, 11) is 3.37. The molecule has 0 bridgehead atoms. The van der Waals surface area contributed by atoms with E-state index in [4.69, 9.17) is 11.6 Å². The molecule has 0 atom stereocenters. The number of aromatic nitrogens is 1. The van der Waals surface area contributed by atoms with Crippen molar-refractivity contribution in [2.24, 2.45) is 0 Å². The van der Waals surface area contributed by atoms with E-state index in [1.54, 1.807) is 20.2 Å². The van der Waals surface area contributed by atoms with E-state index in [0.29, 0.717) is 12.1 Å². The average molecular weight is 312 g/mol. The smallest absolute Gasteiger partial charge is 0.251 e. The Hall–Kier alpha value is -1.62. The van der Waals surface area contributed by atoms with E-state index >= 15 is 0 Å². The van der Waals surface area contributed by atoms with Gasteiger partial charge in [0.25, 0.3) is 5.91 Å². The predicted molar refractivity (Wildman–Crippen MR) is 83.6 cm³/mol. The minimum Gasteiger partial charge on any atom is -0.352 e. The molecule has 1 heterocycles. The standard InChI is InChI=1S/C15H22ClN3O2/c1-15(2,3)11-8-10(9-12(16)18-11)14(21)17-7-6-13(20)19(4)5/h8-9H,6-7H2,1-5H3,(H,17,21). The van der Waals surface area contributed by atoms with E-state index in [-0.39, 0.29) is 28.8 Å². The quantitative estimate of drug-likeness (QED) is 0.867. The van der Waals surface area contributed by atoms with Crippen molar-refractivity contribution in [3.63, 3.8) is 0 Å². The summed E-state index contributed by atoms with van der Waals surface area (Å²) >= 11 is 5.97. The number of hydrogen-bond donors (Lipinski definition) is 1. The number of hydrogen-bond acceptors (Lipinski definition) is 3. The fraction of sp³-hybridized carbons (Fsp3) is 0.533. The van der Waals surface area contributed by atoms with Crippen molar-refractivity contribution >= 4 is 23.4 Å². The zero-order valence-corrected chi connectivity index (χ0v) is 13.9. The lowest BCUT2D eigenvalue weighted by Crippen LogP contribution is -2.30. The van der Waals surface area contributed by atoms with Crippen molar-refractivity contribution in [2.45, 2.75) is 32.6 Å². The highest BCUT2D eigenvalue weighted by Crippen LogP contribution is 2.23. The number of amides is 2. The summed E-state index contributed by atoms with van der Waals surface area (Å²) in [6.45, 7) is 6.30. The van der Waals surface area contributed by atoms with Gasteiger partial charge in [-0.15, -0.1) is 0 Å². The van der Waals surface area contributed by atoms with Crippen molar-refractivity contribution in [2.75, 3.05) is 20.6 Å². The molecule has 0 fully saturated rings. The molecule has 0 radical (unpaired) electrons. The molecule has 1 aromatic rings. The second kappa shape index (κ2) is 6.89. The summed E-state index contributed by atoms with van der Waals surface area (Å²) in [5, 5.41) is 3.01. The van der Waals surface area contributed by atoms with E-state index in [0.717, 1.165) is 5.69 Å². The highest BCUT2D eigenvalue weighted by atomic mass is 35.5. The number of carbonyl (C=O) groups excluding carboxylic acids is 2. The van der Waals surface area contributed by atoms with Crippen molar-refractivity contribution < 1.29 is 9.59 Å². The molecule has 0 unspecified atom stereocenters. The molecule has 0 aliphatic carbocycles. The van der Waals surface area contributed by atoms with Gasteiger partial charge in [-0.25, -0.2) is 4.98 Å². The van der Waals surface area contributed by atoms with Crippen LogP contribution < -0.4 is 5.32 Å². The van der Waals surface area contributed by atoms with E-state index in [1.807, 2.05) is 20.8 Å². The molecule has 0 saturated carbocycles. The molecule has 0 aromatic carbocycles. The maximum Gasteiger partial charge on any atom is 0.251 e. The van der Waals surface area contributed by atoms with Crippen LogP contribution in [0.5, 0.6) is 0 Å². The Morgan fingerprint density at radius 3 is 2.43 bits per heavy atom. The Labute approximate surface area is 130 Å². The SMILES string of the molecule is CN(C)C(=O)CCNC(=O)c1cc(Cl)nc(C(C)(C)C)c1. The van der Waals surface area contributed by atoms with Crippen LogP contribution >= 0.6 is 11.6 Å². The van der Waals surface area contributed by atoms with Gasteiger partial charge in [-0.05, 0) is 12.1 Å². The van der Waals surface area contributed by atoms with E-state index in [9.17, 15) is 9.59 Å². The van der Waals surface area contributed by atoms with Crippen molar-refractivity contribution in [1.29, 1.82) is 0 Å². The summed E-state index contributed by atoms with van der Waals surface area (Å²) in [5.41, 5.74) is 1.02. The molecule has 0 spiro atoms. The van der Waals surface area contributed by atoms with Gasteiger partial charge in [0, 0.05) is 43.7 Å². The first-order valence-electron chi connectivity index (χ1n) is 6.77. The maximum absolute atomic E-state index is 12.1. The van der Waals surface area contributed by atoms with Gasteiger partial charge in [0.2, 0.25) is 5.91 Å². The number of carbonyl (C=O) groups is 2. The zero-order valence-electron chi connectivity index (χ0n) is 13.2. The third-order valence-corrected chi connectivity index (χ3v) is 3.14. The van der Waals surface area contributed by atoms with Crippen LogP contribution in [0.4, 0.5) is 0 Å². The molecule has 0 aliphatic rings. The first kappa shape index (κ1) is 17.4. The van der Waals surface area contributed by atoms with Crippen LogP contribution in [0.25, 0.3) is 0 Å². The Bertz CT molecular complexity index is 536. The van der Waals surface area contributed by atoms with Crippen molar-refractivity contribution in [3.8, 4) is 0 Å². The summed E-state index contributed by atoms with van der Waals surface area (Å²) in [6.07, 6.45) is 0.268. The van der Waals surface area contributed by atoms with Gasteiger partial charge >= 0.3 is 0 Å². The van der Waals surface area contributed by atoms with Crippen LogP contribution in [0.15, 0.2) is 12.1 Å². The molecule has 116 valence electrons. The number of halogens is 1. The molecule has 6 heteroatoms. The minimum atomic E-state index is -0.253. The second-order valence-corrected chi connectivity index (χ2v) is 6.50. The van der Waals surface area contributed by atoms with Crippen LogP contribution in [0.1, 0.15) is 43.2 Å². The van der Waals surface area contributed by atoms with Gasteiger partial charge in [-0.1, -0.05) is 32.4 Å². The monoisotopic (exact) mass is 311 g/mol. The Morgan fingerprint density at radius 1 is 1.29 bits per heavy atom. The van der Waals surface area contributed by atoms with Gasteiger partial charge in [0.15, 0.2) is 0 Å². The Morgan fingerprint density at radius 2 is 1.90 bits per heavy atom. The molecule has 1 N–H and O–H groups in total. The first-order chi connectivity index (χ1) is 9.61. The molecular weight excluding hydrogens is 290 g/mol. The fourth-order valence-electron chi connectivity index (χ4n) is 1.62. The van der Waals surface area contributed by atoms with Gasteiger partial charge in [0.05, 0.1) is 0 Å². The normalized spacial score (nSPS) is 11.1. The van der Waals surface area contributed by atoms with Crippen LogP contribution in [-0.4, -0.2) is 42.3 Å². The Kier molecular flexibility index (Phi) is 5.72. The van der Waals surface area contributed by atoms with Crippen LogP contribution in [-0.2, 0) is 10.2 Å². The zero-order chi connectivity index (χ0) is 16.2. The fourth-order valence-corrected chi connectivity index (χ4v) is 1.83. The molecule has 0 aliphatic heterocycles. The topological polar surface area (TPSA) is 62.3 Å². The lowest BCUT2D eigenvalue weighted by Gasteiger charge is -2.18. The number of nitrogens with one attached hydrogen (secondary N) is 1. The largest absolute Gasteiger partial charge is 0.352 e. The van der Waals surface area contributed by atoms with Gasteiger partial charge in [-0.2, -0.15) is 0 Å². The van der Waals surface area contributed by atoms with E-state index in [1.165, 1.54) is 11.0 Å². The summed E-state index contributed by atoms with van der Waals surface area (Å²) in [4.78, 5) is 29.3. The van der Waals surface area contributed by atoms with Gasteiger partial charge in [-0.3, -0.25) is 9.59 Å². The van der Waals surface area contributed by atoms with Gasteiger partial charge < -0.3 is 10.2 Å². The molecule has 21 heavy (non-hydrogen) atoms. The van der Waals surface area contributed by atoms with E-state index < -0.39 is 0 Å². The molecule has 1 rings (SSSR count). The third kappa shape index (κ3) is 5.34. The molecule has 2 amide bonds. The first-order valence-corrected chi connectivity index (χ1v) is 7.15. The summed E-state index contributed by atoms with van der Waals surface area (Å²) < 4.78 is 0. The van der Waals surface area contributed by atoms with Crippen LogP contribution in [0, 0.1) is 0 Å². The second-order valence-electron chi connectivity index (χ2n) is 6.11. The van der Waals surface area contributed by atoms with Crippen molar-refractivity contribution in [3.05, 3.63) is 28.5 Å². The minimum absolute atomic E-state index is 0.0292. The Balaban J connectivity index is 2.75. The number of pyridine rings is 1. The summed E-state index contributed by atoms with van der Waals surface area (Å²) in [5.74, 6) is -0.283. The van der Waals surface area contributed by atoms with Gasteiger partial charge in [0.1, 0.15) is 5.15 Å². The van der Waals surface area contributed by atoms with E-state index in [2.05, 4.69) is 10.3 Å². The highest BCUT2D eigenvalue weighted by Gasteiger charge is 2.19. The third-order valence-electron chi connectivity index (χ3n) is 2.95. The molecule has 0 saturated heterocycles. The molecular formula is C15H22ClN3O2. The summed E-state index contributed by atoms with van der Waals surface area (Å²) in [6, 6.07) is 3.26. The van der Waals surface area contributed by atoms with Crippen molar-refractivity contribution in [1.82, 2.24) is 15.2 Å². The van der Waals surface area contributed by atoms with Crippen LogP contribution in [0.3, 0.4) is 0 Å². The number of rotatable bonds is 4. The predicted octanol–water partition coefficient (Wildman–Crippen LogP) is 2.24. The van der Waals surface area contributed by atoms with Crippen LogP contribution in [0.2, 0.25) is 5.15 Å². The molecule has 5 nitrogen and oxygen atoms in total. The molecule has 1 aromatic heterocycles. The lowest BCUT2D eigenvalue weighted by molar-refractivity contribution is -0.128. The lowest BCUT2D eigenvalue weighted by atomic mass is 9.91. The maximum atomic E-state index is 12.1.